The van der Waals surface area contributed by atoms with Gasteiger partial charge in [-0.2, -0.15) is 8.78 Å². The summed E-state index contributed by atoms with van der Waals surface area (Å²) in [7, 11) is -1.55. The van der Waals surface area contributed by atoms with Gasteiger partial charge in [-0.1, -0.05) is 36.4 Å². The van der Waals surface area contributed by atoms with Gasteiger partial charge in [-0.25, -0.2) is 8.42 Å². The van der Waals surface area contributed by atoms with Crippen molar-refractivity contribution in [2.24, 2.45) is 0 Å². The van der Waals surface area contributed by atoms with Crippen LogP contribution in [0.3, 0.4) is 0 Å². The molecule has 36 heavy (non-hydrogen) atoms. The molecule has 3 rings (SSSR count). The average molecular weight is 539 g/mol. The maximum Gasteiger partial charge on any atom is 0.408 e. The van der Waals surface area contributed by atoms with Gasteiger partial charge in [0.05, 0.1) is 12.3 Å². The minimum atomic E-state index is -4.20. The summed E-state index contributed by atoms with van der Waals surface area (Å²) in [6.45, 7) is 1.83. The molecule has 0 saturated carbocycles. The molecule has 0 bridgehead atoms. The Hall–Kier alpha value is -3.27. The molecule has 0 saturated heterocycles. The first-order chi connectivity index (χ1) is 17.0. The molecule has 3 aromatic carbocycles. The fraction of sp³-hybridized carbons (Fsp3) is 0.208. The Kier molecular flexibility index (Phi) is 8.84. The number of hydrogen-bond donors (Lipinski definition) is 2. The third-order valence-corrected chi connectivity index (χ3v) is 6.26. The highest BCUT2D eigenvalue weighted by Crippen LogP contribution is 2.32. The Labute approximate surface area is 210 Å². The monoisotopic (exact) mass is 538 g/mol. The molecule has 2 N–H and O–H groups in total. The largest absolute Gasteiger partial charge is 0.492 e. The molecule has 0 aromatic heterocycles. The summed E-state index contributed by atoms with van der Waals surface area (Å²) in [5.74, 6) is -4.21. The lowest BCUT2D eigenvalue weighted by Crippen LogP contribution is -2.22. The number of rotatable bonds is 11. The number of nitrogens with one attached hydrogen (secondary N) is 2. The summed E-state index contributed by atoms with van der Waals surface area (Å²) in [6, 6.07) is 18.1. The molecule has 0 aliphatic rings. The Balaban J connectivity index is 1.84. The van der Waals surface area contributed by atoms with Crippen LogP contribution in [0, 0.1) is 0 Å². The maximum absolute atomic E-state index is 13.1. The zero-order chi connectivity index (χ0) is 26.3. The van der Waals surface area contributed by atoms with Crippen LogP contribution in [-0.2, 0) is 19.6 Å². The van der Waals surface area contributed by atoms with Crippen molar-refractivity contribution in [2.45, 2.75) is 23.8 Å². The smallest absolute Gasteiger partial charge is 0.408 e. The van der Waals surface area contributed by atoms with E-state index in [0.717, 1.165) is 6.07 Å². The third-order valence-electron chi connectivity index (χ3n) is 4.72. The predicted molar refractivity (Wildman–Crippen MR) is 135 cm³/mol. The fourth-order valence-corrected chi connectivity index (χ4v) is 4.61. The molecule has 8 nitrogen and oxygen atoms in total. The second-order valence-corrected chi connectivity index (χ2v) is 9.73. The van der Waals surface area contributed by atoms with Gasteiger partial charge in [0.1, 0.15) is 16.4 Å². The molecule has 2 atom stereocenters. The molecule has 2 unspecified atom stereocenters. The summed E-state index contributed by atoms with van der Waals surface area (Å²) in [5.41, 5.74) is 0.947. The number of halogens is 2. The lowest BCUT2D eigenvalue weighted by Gasteiger charge is -2.18. The molecule has 192 valence electrons. The first-order valence-corrected chi connectivity index (χ1v) is 12.7. The predicted octanol–water partition coefficient (Wildman–Crippen LogP) is 5.02. The highest BCUT2D eigenvalue weighted by atomic mass is 32.2. The van der Waals surface area contributed by atoms with Crippen molar-refractivity contribution < 1.29 is 36.2 Å². The van der Waals surface area contributed by atoms with Crippen molar-refractivity contribution in [3.05, 3.63) is 78.4 Å². The normalized spacial score (nSPS) is 12.5. The molecule has 1 amide bonds. The van der Waals surface area contributed by atoms with Gasteiger partial charge >= 0.3 is 5.85 Å². The SMILES string of the molecule is CCOc1cc(NC(=O)C(OC)c2ccccc2)ccc1S(=O)(=O)Nc1cccc(OC(F)(F)P)c1. The number of amides is 1. The Morgan fingerprint density at radius 2 is 1.75 bits per heavy atom. The lowest BCUT2D eigenvalue weighted by atomic mass is 10.1. The van der Waals surface area contributed by atoms with E-state index in [0.29, 0.717) is 11.3 Å². The van der Waals surface area contributed by atoms with Crippen LogP contribution in [0.2, 0.25) is 0 Å². The standard InChI is InChI=1S/C24H25F2N2O6PS/c1-3-33-20-15-17(27-23(29)22(32-2)16-8-5-4-6-9-16)12-13-21(20)36(30,31)28-18-10-7-11-19(14-18)34-24(25,26)35/h4-15,22,28H,3,35H2,1-2H3,(H,27,29). The number of anilines is 2. The van der Waals surface area contributed by atoms with E-state index in [2.05, 4.69) is 14.8 Å². The molecule has 3 aromatic rings. The van der Waals surface area contributed by atoms with Crippen LogP contribution in [0.5, 0.6) is 11.5 Å². The number of hydrogen-bond acceptors (Lipinski definition) is 6. The number of alkyl halides is 2. The van der Waals surface area contributed by atoms with E-state index in [1.165, 1.54) is 52.7 Å². The van der Waals surface area contributed by atoms with Gasteiger partial charge in [0, 0.05) is 24.9 Å². The van der Waals surface area contributed by atoms with Crippen molar-refractivity contribution in [1.29, 1.82) is 0 Å². The fourth-order valence-electron chi connectivity index (χ4n) is 3.30. The van der Waals surface area contributed by atoms with E-state index in [1.54, 1.807) is 31.2 Å². The van der Waals surface area contributed by atoms with Crippen LogP contribution in [0.1, 0.15) is 18.6 Å². The van der Waals surface area contributed by atoms with Crippen molar-refractivity contribution >= 4 is 36.5 Å². The summed E-state index contributed by atoms with van der Waals surface area (Å²) in [4.78, 5) is 12.6. The van der Waals surface area contributed by atoms with E-state index in [1.807, 2.05) is 6.07 Å². The molecule has 0 aliphatic carbocycles. The van der Waals surface area contributed by atoms with Crippen molar-refractivity contribution in [2.75, 3.05) is 23.8 Å². The number of methoxy groups -OCH3 is 1. The Bertz CT molecular complexity index is 1300. The Morgan fingerprint density at radius 1 is 1.03 bits per heavy atom. The molecule has 0 fully saturated rings. The van der Waals surface area contributed by atoms with Gasteiger partial charge in [-0.15, -0.1) is 0 Å². The highest BCUT2D eigenvalue weighted by molar-refractivity contribution is 7.92. The quantitative estimate of drug-likeness (QED) is 0.333. The van der Waals surface area contributed by atoms with Crippen LogP contribution in [0.25, 0.3) is 0 Å². The third kappa shape index (κ3) is 7.36. The highest BCUT2D eigenvalue weighted by Gasteiger charge is 2.25. The van der Waals surface area contributed by atoms with E-state index in [-0.39, 0.29) is 28.7 Å². The van der Waals surface area contributed by atoms with E-state index in [4.69, 9.17) is 9.47 Å². The number of carbonyl (C=O) groups is 1. The molecule has 0 aliphatic heterocycles. The van der Waals surface area contributed by atoms with Gasteiger partial charge in [0.15, 0.2) is 6.10 Å². The van der Waals surface area contributed by atoms with E-state index < -0.39 is 27.9 Å². The molecule has 0 spiro atoms. The van der Waals surface area contributed by atoms with Crippen LogP contribution in [-0.4, -0.2) is 33.9 Å². The topological polar surface area (TPSA) is 103 Å². The first kappa shape index (κ1) is 27.3. The average Bonchev–Trinajstić information content (AvgIpc) is 2.79. The van der Waals surface area contributed by atoms with Gasteiger partial charge in [0.2, 0.25) is 0 Å². The van der Waals surface area contributed by atoms with Crippen molar-refractivity contribution in [3.63, 3.8) is 0 Å². The van der Waals surface area contributed by atoms with E-state index in [9.17, 15) is 22.0 Å². The summed E-state index contributed by atoms with van der Waals surface area (Å²) in [6.07, 6.45) is -0.879. The zero-order valence-electron chi connectivity index (χ0n) is 19.4. The molecule has 12 heteroatoms. The van der Waals surface area contributed by atoms with Crippen LogP contribution in [0.15, 0.2) is 77.7 Å². The lowest BCUT2D eigenvalue weighted by molar-refractivity contribution is -0.126. The summed E-state index contributed by atoms with van der Waals surface area (Å²) >= 11 is 0. The minimum absolute atomic E-state index is 0.00683. The molecular formula is C24H25F2N2O6PS. The molecule has 0 radical (unpaired) electrons. The summed E-state index contributed by atoms with van der Waals surface area (Å²) < 4.78 is 70.0. The number of carbonyl (C=O) groups excluding carboxylic acids is 1. The van der Waals surface area contributed by atoms with Gasteiger partial charge in [-0.05, 0) is 46.0 Å². The van der Waals surface area contributed by atoms with Gasteiger partial charge < -0.3 is 19.5 Å². The van der Waals surface area contributed by atoms with E-state index >= 15 is 0 Å². The van der Waals surface area contributed by atoms with Crippen molar-refractivity contribution in [3.8, 4) is 11.5 Å². The van der Waals surface area contributed by atoms with Gasteiger partial charge in [0.25, 0.3) is 15.9 Å². The van der Waals surface area contributed by atoms with Crippen LogP contribution in [0.4, 0.5) is 20.2 Å². The number of benzene rings is 3. The second-order valence-electron chi connectivity index (χ2n) is 7.41. The maximum atomic E-state index is 13.1. The summed E-state index contributed by atoms with van der Waals surface area (Å²) in [5, 5.41) is 2.70. The number of sulfonamides is 1. The van der Waals surface area contributed by atoms with Crippen LogP contribution >= 0.6 is 9.24 Å². The van der Waals surface area contributed by atoms with Gasteiger partial charge in [-0.3, -0.25) is 9.52 Å². The first-order valence-electron chi connectivity index (χ1n) is 10.7. The molecule has 0 heterocycles. The van der Waals surface area contributed by atoms with Crippen molar-refractivity contribution in [1.82, 2.24) is 0 Å². The number of ether oxygens (including phenoxy) is 3. The van der Waals surface area contributed by atoms with Crippen LogP contribution < -0.4 is 19.5 Å². The molecular weight excluding hydrogens is 513 g/mol. The Morgan fingerprint density at radius 3 is 2.39 bits per heavy atom. The second kappa shape index (κ2) is 11.6. The zero-order valence-corrected chi connectivity index (χ0v) is 21.4. The minimum Gasteiger partial charge on any atom is -0.492 e.